The van der Waals surface area contributed by atoms with Crippen LogP contribution in [0.15, 0.2) is 51.0 Å². The number of ether oxygens (including phenoxy) is 1. The maximum atomic E-state index is 13.0. The Morgan fingerprint density at radius 3 is 2.81 bits per heavy atom. The number of aliphatic imine (C=N–C) groups is 1. The first-order valence-corrected chi connectivity index (χ1v) is 10.7. The number of fused-ring (bicyclic) bond motifs is 1. The summed E-state index contributed by atoms with van der Waals surface area (Å²) >= 11 is 1.44. The molecule has 2 aromatic heterocycles. The van der Waals surface area contributed by atoms with E-state index in [0.29, 0.717) is 16.5 Å². The van der Waals surface area contributed by atoms with Crippen LogP contribution in [0.25, 0.3) is 17.7 Å². The quantitative estimate of drug-likeness (QED) is 0.639. The van der Waals surface area contributed by atoms with E-state index in [4.69, 9.17) is 4.74 Å². The van der Waals surface area contributed by atoms with Gasteiger partial charge in [-0.1, -0.05) is 18.2 Å². The van der Waals surface area contributed by atoms with Crippen LogP contribution < -0.4 is 16.4 Å². The predicted molar refractivity (Wildman–Crippen MR) is 123 cm³/mol. The number of aromatic amines is 1. The van der Waals surface area contributed by atoms with Gasteiger partial charge < -0.3 is 9.72 Å². The van der Waals surface area contributed by atoms with Crippen molar-refractivity contribution in [1.29, 1.82) is 0 Å². The molecule has 0 radical (unpaired) electrons. The number of hydrogen-bond acceptors (Lipinski definition) is 6. The van der Waals surface area contributed by atoms with Crippen molar-refractivity contribution in [2.24, 2.45) is 4.99 Å². The van der Waals surface area contributed by atoms with E-state index >= 15 is 0 Å². The first-order chi connectivity index (χ1) is 14.8. The van der Waals surface area contributed by atoms with Crippen molar-refractivity contribution in [3.8, 4) is 0 Å². The van der Waals surface area contributed by atoms with Gasteiger partial charge >= 0.3 is 5.97 Å². The molecule has 0 amide bonds. The van der Waals surface area contributed by atoms with Gasteiger partial charge in [0.25, 0.3) is 5.56 Å². The van der Waals surface area contributed by atoms with E-state index in [1.54, 1.807) is 44.6 Å². The lowest BCUT2D eigenvalue weighted by Gasteiger charge is -2.19. The molecule has 31 heavy (non-hydrogen) atoms. The molecule has 1 aromatic carbocycles. The molecule has 0 saturated carbocycles. The number of hydrogen-bond donors (Lipinski definition) is 1. The maximum absolute atomic E-state index is 13.0. The van der Waals surface area contributed by atoms with E-state index in [-0.39, 0.29) is 12.1 Å². The molecule has 0 unspecified atom stereocenters. The third-order valence-electron chi connectivity index (χ3n) is 4.46. The number of rotatable bonds is 4. The fraction of sp³-hybridized carbons (Fsp3) is 0.217. The molecule has 1 aliphatic heterocycles. The molecule has 3 aromatic rings. The summed E-state index contributed by atoms with van der Waals surface area (Å²) in [6.45, 7) is 5.18. The summed E-state index contributed by atoms with van der Waals surface area (Å²) in [5, 5.41) is 2.19. The van der Waals surface area contributed by atoms with Gasteiger partial charge in [-0.05, 0) is 45.1 Å². The Labute approximate surface area is 182 Å². The predicted octanol–water partition coefficient (Wildman–Crippen LogP) is 2.38. The highest BCUT2D eigenvalue weighted by atomic mass is 32.1. The highest BCUT2D eigenvalue weighted by Gasteiger charge is 2.18. The summed E-state index contributed by atoms with van der Waals surface area (Å²) in [6.07, 6.45) is 7.09. The van der Waals surface area contributed by atoms with Gasteiger partial charge in [0, 0.05) is 22.7 Å². The second kappa shape index (κ2) is 8.31. The van der Waals surface area contributed by atoms with Gasteiger partial charge in [-0.15, -0.1) is 11.3 Å². The summed E-state index contributed by atoms with van der Waals surface area (Å²) in [5.41, 5.74) is 4.75. The molecule has 7 nitrogen and oxygen atoms in total. The fourth-order valence-corrected chi connectivity index (χ4v) is 3.70. The molecule has 4 rings (SSSR count). The van der Waals surface area contributed by atoms with Gasteiger partial charge in [-0.3, -0.25) is 19.1 Å². The molecule has 1 N–H and O–H groups in total. The molecule has 158 valence electrons. The second-order valence-electron chi connectivity index (χ2n) is 8.02. The van der Waals surface area contributed by atoms with Gasteiger partial charge in [-0.2, -0.15) is 0 Å². The standard InChI is InChI=1S/C23H22N4O3S/c1-23(2,3)30-21(28)12-27-20(26-19(22(27)29)10-16-13-31-14-25-16)9-8-15-11-24-18-7-5-4-6-17(15)18/h4-11,13-14,26H,12H2,1-3H3/b15-8?,19-10-,20-9?. The number of benzene rings is 1. The maximum Gasteiger partial charge on any atom is 0.326 e. The molecular weight excluding hydrogens is 412 g/mol. The van der Waals surface area contributed by atoms with Crippen LogP contribution in [-0.2, 0) is 16.1 Å². The van der Waals surface area contributed by atoms with Crippen molar-refractivity contribution < 1.29 is 9.53 Å². The number of aromatic nitrogens is 3. The number of thiazole rings is 1. The van der Waals surface area contributed by atoms with Crippen LogP contribution in [0.2, 0.25) is 0 Å². The van der Waals surface area contributed by atoms with Crippen LogP contribution >= 0.6 is 11.3 Å². The van der Waals surface area contributed by atoms with Gasteiger partial charge in [0.2, 0.25) is 0 Å². The summed E-state index contributed by atoms with van der Waals surface area (Å²) < 4.78 is 6.78. The minimum atomic E-state index is -0.636. The van der Waals surface area contributed by atoms with Gasteiger partial charge in [0.15, 0.2) is 0 Å². The van der Waals surface area contributed by atoms with Crippen molar-refractivity contribution in [3.63, 3.8) is 0 Å². The average molecular weight is 435 g/mol. The zero-order valence-corrected chi connectivity index (χ0v) is 18.3. The number of imidazole rings is 1. The van der Waals surface area contributed by atoms with Crippen LogP contribution in [0.1, 0.15) is 32.0 Å². The van der Waals surface area contributed by atoms with Gasteiger partial charge in [0.1, 0.15) is 23.0 Å². The van der Waals surface area contributed by atoms with Crippen LogP contribution in [0.3, 0.4) is 0 Å². The normalized spacial score (nSPS) is 15.6. The van der Waals surface area contributed by atoms with Crippen LogP contribution in [0, 0.1) is 0 Å². The smallest absolute Gasteiger partial charge is 0.326 e. The Balaban J connectivity index is 1.78. The van der Waals surface area contributed by atoms with Crippen molar-refractivity contribution in [2.45, 2.75) is 32.9 Å². The minimum Gasteiger partial charge on any atom is -0.459 e. The molecule has 0 spiro atoms. The minimum absolute atomic E-state index is 0.197. The summed E-state index contributed by atoms with van der Waals surface area (Å²) in [4.78, 5) is 37.1. The number of carbonyl (C=O) groups excluding carboxylic acids is 1. The van der Waals surface area contributed by atoms with E-state index in [1.807, 2.05) is 35.7 Å². The van der Waals surface area contributed by atoms with E-state index in [1.165, 1.54) is 15.9 Å². The van der Waals surface area contributed by atoms with Crippen LogP contribution in [-0.4, -0.2) is 32.3 Å². The van der Waals surface area contributed by atoms with Crippen LogP contribution in [0.5, 0.6) is 0 Å². The summed E-state index contributed by atoms with van der Waals surface area (Å²) in [5.74, 6) is -0.483. The number of carbonyl (C=O) groups is 1. The zero-order chi connectivity index (χ0) is 22.0. The lowest BCUT2D eigenvalue weighted by Crippen LogP contribution is -2.36. The number of para-hydroxylation sites is 1. The molecule has 3 heterocycles. The monoisotopic (exact) mass is 434 g/mol. The molecule has 8 heteroatoms. The van der Waals surface area contributed by atoms with Crippen molar-refractivity contribution in [2.75, 3.05) is 0 Å². The van der Waals surface area contributed by atoms with Gasteiger partial charge in [-0.25, -0.2) is 4.98 Å². The summed E-state index contributed by atoms with van der Waals surface area (Å²) in [6, 6.07) is 7.83. The number of H-pyrrole nitrogens is 1. The molecule has 0 fully saturated rings. The van der Waals surface area contributed by atoms with Crippen molar-refractivity contribution in [1.82, 2.24) is 14.5 Å². The number of nitrogens with one attached hydrogen (secondary N) is 1. The topological polar surface area (TPSA) is 89.3 Å². The third-order valence-corrected chi connectivity index (χ3v) is 5.06. The summed E-state index contributed by atoms with van der Waals surface area (Å²) in [7, 11) is 0. The molecule has 0 bridgehead atoms. The molecule has 0 saturated heterocycles. The van der Waals surface area contributed by atoms with E-state index in [0.717, 1.165) is 16.8 Å². The highest BCUT2D eigenvalue weighted by molar-refractivity contribution is 7.07. The lowest BCUT2D eigenvalue weighted by atomic mass is 10.1. The number of nitrogens with zero attached hydrogens (tertiary/aromatic N) is 3. The Morgan fingerprint density at radius 2 is 2.06 bits per heavy atom. The Bertz CT molecular complexity index is 1350. The van der Waals surface area contributed by atoms with Gasteiger partial charge in [0.05, 0.1) is 16.9 Å². The van der Waals surface area contributed by atoms with E-state index in [2.05, 4.69) is 15.0 Å². The number of allylic oxidation sites excluding steroid dienone is 2. The molecule has 1 aliphatic rings. The average Bonchev–Trinajstić information content (AvgIpc) is 3.42. The van der Waals surface area contributed by atoms with E-state index in [9.17, 15) is 9.59 Å². The molecule has 0 atom stereocenters. The zero-order valence-electron chi connectivity index (χ0n) is 17.5. The third kappa shape index (κ3) is 4.80. The highest BCUT2D eigenvalue weighted by Crippen LogP contribution is 2.30. The largest absolute Gasteiger partial charge is 0.459 e. The SMILES string of the molecule is CC(C)(C)OC(=O)Cn1c(=CC=C2C=Nc3ccccc32)[nH]/c(=C\c2cscn2)c1=O. The Morgan fingerprint density at radius 1 is 1.26 bits per heavy atom. The fourth-order valence-electron chi connectivity index (χ4n) is 3.18. The molecule has 0 aliphatic carbocycles. The van der Waals surface area contributed by atoms with Crippen LogP contribution in [0.4, 0.5) is 5.69 Å². The number of esters is 1. The Hall–Kier alpha value is -3.52. The van der Waals surface area contributed by atoms with E-state index < -0.39 is 11.6 Å². The first kappa shape index (κ1) is 20.7. The Kier molecular flexibility index (Phi) is 5.56. The first-order valence-electron chi connectivity index (χ1n) is 9.76. The second-order valence-corrected chi connectivity index (χ2v) is 8.74. The van der Waals surface area contributed by atoms with Crippen molar-refractivity contribution in [3.05, 3.63) is 73.7 Å². The lowest BCUT2D eigenvalue weighted by molar-refractivity contribution is -0.155. The molecular formula is C23H22N4O3S. The van der Waals surface area contributed by atoms with Crippen molar-refractivity contribution >= 4 is 46.9 Å².